The van der Waals surface area contributed by atoms with Gasteiger partial charge in [-0.2, -0.15) is 10.1 Å². The molecule has 0 fully saturated rings. The number of aromatic amines is 1. The van der Waals surface area contributed by atoms with E-state index in [4.69, 9.17) is 16.7 Å². The van der Waals surface area contributed by atoms with Crippen LogP contribution < -0.4 is 0 Å². The number of rotatable bonds is 3. The van der Waals surface area contributed by atoms with Gasteiger partial charge in [-0.25, -0.2) is 0 Å². The Hall–Kier alpha value is -1.80. The molecule has 0 saturated carbocycles. The van der Waals surface area contributed by atoms with Gasteiger partial charge in [0.25, 0.3) is 0 Å². The van der Waals surface area contributed by atoms with Crippen molar-refractivity contribution in [1.29, 1.82) is 0 Å². The van der Waals surface area contributed by atoms with Gasteiger partial charge in [-0.15, -0.1) is 11.3 Å². The Labute approximate surface area is 105 Å². The maximum Gasteiger partial charge on any atom is 0.213 e. The van der Waals surface area contributed by atoms with E-state index in [0.29, 0.717) is 17.1 Å². The number of H-pyrrole nitrogens is 1. The molecule has 0 unspecified atom stereocenters. The summed E-state index contributed by atoms with van der Waals surface area (Å²) in [5.41, 5.74) is 0. The van der Waals surface area contributed by atoms with Crippen LogP contribution in [-0.2, 0) is 6.54 Å². The van der Waals surface area contributed by atoms with Crippen LogP contribution in [0.4, 0.5) is 0 Å². The van der Waals surface area contributed by atoms with Crippen LogP contribution in [0.15, 0.2) is 28.4 Å². The molecule has 0 aliphatic carbocycles. The Balaban J connectivity index is 2.04. The minimum absolute atomic E-state index is 0.444. The quantitative estimate of drug-likeness (QED) is 0.734. The third kappa shape index (κ3) is 1.92. The molecule has 3 heterocycles. The van der Waals surface area contributed by atoms with E-state index in [1.807, 2.05) is 22.1 Å². The van der Waals surface area contributed by atoms with Gasteiger partial charge in [0.15, 0.2) is 16.4 Å². The van der Waals surface area contributed by atoms with Gasteiger partial charge in [0, 0.05) is 0 Å². The molecule has 0 bridgehead atoms. The highest BCUT2D eigenvalue weighted by Crippen LogP contribution is 2.22. The fraction of sp³-hybridized carbons (Fsp3) is 0.111. The maximum atomic E-state index is 5.18. The van der Waals surface area contributed by atoms with E-state index in [9.17, 15) is 0 Å². The first-order chi connectivity index (χ1) is 8.34. The molecule has 3 aromatic rings. The molecule has 0 saturated heterocycles. The Morgan fingerprint density at radius 1 is 1.53 bits per heavy atom. The molecule has 1 N–H and O–H groups in total. The van der Waals surface area contributed by atoms with Crippen LogP contribution in [0.2, 0.25) is 0 Å². The molecule has 3 rings (SSSR count). The lowest BCUT2D eigenvalue weighted by Crippen LogP contribution is -2.03. The third-order valence-electron chi connectivity index (χ3n) is 2.21. The largest absolute Gasteiger partial charge is 0.343 e. The SMILES string of the molecule is S=c1[nH]nc(-c2cccs2)n1Cc1ncon1. The fourth-order valence-corrected chi connectivity index (χ4v) is 2.38. The lowest BCUT2D eigenvalue weighted by molar-refractivity contribution is 0.408. The molecule has 86 valence electrons. The lowest BCUT2D eigenvalue weighted by Gasteiger charge is -2.01. The highest BCUT2D eigenvalue weighted by Gasteiger charge is 2.11. The first-order valence-electron chi connectivity index (χ1n) is 4.79. The molecule has 0 aliphatic rings. The maximum absolute atomic E-state index is 5.18. The van der Waals surface area contributed by atoms with E-state index in [1.54, 1.807) is 11.3 Å². The molecule has 6 nitrogen and oxygen atoms in total. The van der Waals surface area contributed by atoms with Gasteiger partial charge >= 0.3 is 0 Å². The second kappa shape index (κ2) is 4.22. The Kier molecular flexibility index (Phi) is 2.57. The van der Waals surface area contributed by atoms with Crippen molar-refractivity contribution >= 4 is 23.6 Å². The standard InChI is InChI=1S/C9H7N5OS2/c16-9-12-11-8(6-2-1-3-17-6)14(9)4-7-10-5-15-13-7/h1-3,5H,4H2,(H,12,16). The summed E-state index contributed by atoms with van der Waals surface area (Å²) < 4.78 is 7.08. The fourth-order valence-electron chi connectivity index (χ4n) is 1.46. The normalized spacial score (nSPS) is 10.8. The van der Waals surface area contributed by atoms with Crippen LogP contribution in [0.5, 0.6) is 0 Å². The van der Waals surface area contributed by atoms with Crippen molar-refractivity contribution in [3.63, 3.8) is 0 Å². The summed E-state index contributed by atoms with van der Waals surface area (Å²) in [6.45, 7) is 0.444. The Morgan fingerprint density at radius 2 is 2.47 bits per heavy atom. The number of thiophene rings is 1. The van der Waals surface area contributed by atoms with E-state index >= 15 is 0 Å². The topological polar surface area (TPSA) is 72.5 Å². The van der Waals surface area contributed by atoms with E-state index in [-0.39, 0.29) is 0 Å². The number of hydrogen-bond donors (Lipinski definition) is 1. The van der Waals surface area contributed by atoms with E-state index in [1.165, 1.54) is 6.39 Å². The summed E-state index contributed by atoms with van der Waals surface area (Å²) >= 11 is 6.79. The van der Waals surface area contributed by atoms with Crippen molar-refractivity contribution in [2.75, 3.05) is 0 Å². The highest BCUT2D eigenvalue weighted by molar-refractivity contribution is 7.71. The molecule has 0 radical (unpaired) electrons. The van der Waals surface area contributed by atoms with Crippen LogP contribution >= 0.6 is 23.6 Å². The van der Waals surface area contributed by atoms with Crippen molar-refractivity contribution in [3.8, 4) is 10.7 Å². The van der Waals surface area contributed by atoms with Gasteiger partial charge < -0.3 is 4.52 Å². The van der Waals surface area contributed by atoms with Gasteiger partial charge in [0.1, 0.15) is 0 Å². The lowest BCUT2D eigenvalue weighted by atomic mass is 10.4. The predicted octanol–water partition coefficient (Wildman–Crippen LogP) is 2.10. The van der Waals surface area contributed by atoms with E-state index < -0.39 is 0 Å². The molecule has 17 heavy (non-hydrogen) atoms. The Bertz CT molecular complexity index is 652. The van der Waals surface area contributed by atoms with Crippen LogP contribution in [-0.4, -0.2) is 24.9 Å². The molecule has 3 aromatic heterocycles. The highest BCUT2D eigenvalue weighted by atomic mass is 32.1. The molecular formula is C9H7N5OS2. The third-order valence-corrected chi connectivity index (χ3v) is 3.38. The average Bonchev–Trinajstić information content (AvgIpc) is 3.03. The second-order valence-electron chi connectivity index (χ2n) is 3.26. The van der Waals surface area contributed by atoms with Gasteiger partial charge in [0.05, 0.1) is 11.4 Å². The molecule has 0 aliphatic heterocycles. The minimum Gasteiger partial charge on any atom is -0.343 e. The van der Waals surface area contributed by atoms with E-state index in [2.05, 4.69) is 20.3 Å². The van der Waals surface area contributed by atoms with Crippen LogP contribution in [0.3, 0.4) is 0 Å². The number of nitrogens with one attached hydrogen (secondary N) is 1. The predicted molar refractivity (Wildman–Crippen MR) is 64.1 cm³/mol. The van der Waals surface area contributed by atoms with Crippen LogP contribution in [0, 0.1) is 4.77 Å². The van der Waals surface area contributed by atoms with Crippen LogP contribution in [0.1, 0.15) is 5.82 Å². The van der Waals surface area contributed by atoms with Gasteiger partial charge in [-0.1, -0.05) is 11.2 Å². The van der Waals surface area contributed by atoms with Crippen molar-refractivity contribution in [2.45, 2.75) is 6.54 Å². The molecule has 0 atom stereocenters. The molecule has 0 amide bonds. The van der Waals surface area contributed by atoms with E-state index in [0.717, 1.165) is 10.7 Å². The summed E-state index contributed by atoms with van der Waals surface area (Å²) in [6, 6.07) is 3.96. The summed E-state index contributed by atoms with van der Waals surface area (Å²) in [5.74, 6) is 1.36. The van der Waals surface area contributed by atoms with Crippen LogP contribution in [0.25, 0.3) is 10.7 Å². The second-order valence-corrected chi connectivity index (χ2v) is 4.60. The average molecular weight is 265 g/mol. The first-order valence-corrected chi connectivity index (χ1v) is 6.08. The smallest absolute Gasteiger partial charge is 0.213 e. The number of nitrogens with zero attached hydrogens (tertiary/aromatic N) is 4. The van der Waals surface area contributed by atoms with Crippen molar-refractivity contribution in [1.82, 2.24) is 24.9 Å². The summed E-state index contributed by atoms with van der Waals surface area (Å²) in [6.07, 6.45) is 1.30. The zero-order valence-corrected chi connectivity index (χ0v) is 10.2. The van der Waals surface area contributed by atoms with Gasteiger partial charge in [0.2, 0.25) is 6.39 Å². The summed E-state index contributed by atoms with van der Waals surface area (Å²) in [4.78, 5) is 5.01. The zero-order chi connectivity index (χ0) is 11.7. The van der Waals surface area contributed by atoms with Crippen molar-refractivity contribution in [2.24, 2.45) is 0 Å². The molecule has 0 aromatic carbocycles. The molecule has 0 spiro atoms. The van der Waals surface area contributed by atoms with Gasteiger partial charge in [-0.3, -0.25) is 9.67 Å². The Morgan fingerprint density at radius 3 is 3.18 bits per heavy atom. The first kappa shape index (κ1) is 10.4. The minimum atomic E-state index is 0.444. The van der Waals surface area contributed by atoms with Crippen molar-refractivity contribution < 1.29 is 4.52 Å². The molecule has 8 heteroatoms. The molecular weight excluding hydrogens is 258 g/mol. The summed E-state index contributed by atoms with van der Waals surface area (Å²) in [7, 11) is 0. The summed E-state index contributed by atoms with van der Waals surface area (Å²) in [5, 5.41) is 12.7. The monoisotopic (exact) mass is 265 g/mol. The number of hydrogen-bond acceptors (Lipinski definition) is 6. The number of aromatic nitrogens is 5. The van der Waals surface area contributed by atoms with Gasteiger partial charge in [-0.05, 0) is 23.7 Å². The zero-order valence-electron chi connectivity index (χ0n) is 8.53. The van der Waals surface area contributed by atoms with Crippen molar-refractivity contribution in [3.05, 3.63) is 34.5 Å².